The Morgan fingerprint density at radius 2 is 0.684 bits per heavy atom. The lowest BCUT2D eigenvalue weighted by atomic mass is 10.00. The molecule has 3 heteroatoms. The van der Waals surface area contributed by atoms with E-state index in [1.807, 2.05) is 0 Å². The Bertz CT molecular complexity index is 3500. The zero-order valence-electron chi connectivity index (χ0n) is 31.0. The van der Waals surface area contributed by atoms with Gasteiger partial charge in [0.2, 0.25) is 0 Å². The molecule has 57 heavy (non-hydrogen) atoms. The molecular formula is C54H35N3. The molecule has 12 aromatic rings. The van der Waals surface area contributed by atoms with Crippen LogP contribution >= 0.6 is 0 Å². The van der Waals surface area contributed by atoms with Gasteiger partial charge >= 0.3 is 0 Å². The third kappa shape index (κ3) is 4.79. The van der Waals surface area contributed by atoms with Crippen LogP contribution in [0.3, 0.4) is 0 Å². The van der Waals surface area contributed by atoms with E-state index in [9.17, 15) is 0 Å². The van der Waals surface area contributed by atoms with Crippen LogP contribution in [-0.4, -0.2) is 13.7 Å². The number of hydrogen-bond donors (Lipinski definition) is 0. The minimum absolute atomic E-state index is 1.14. The van der Waals surface area contributed by atoms with Crippen LogP contribution in [0.1, 0.15) is 0 Å². The van der Waals surface area contributed by atoms with E-state index in [0.29, 0.717) is 0 Å². The lowest BCUT2D eigenvalue weighted by Crippen LogP contribution is -1.95. The van der Waals surface area contributed by atoms with Crippen LogP contribution in [0.2, 0.25) is 0 Å². The van der Waals surface area contributed by atoms with Crippen molar-refractivity contribution in [2.24, 2.45) is 0 Å². The Morgan fingerprint density at radius 1 is 0.228 bits per heavy atom. The molecule has 3 aromatic heterocycles. The van der Waals surface area contributed by atoms with Crippen molar-refractivity contribution in [1.29, 1.82) is 0 Å². The summed E-state index contributed by atoms with van der Waals surface area (Å²) >= 11 is 0. The van der Waals surface area contributed by atoms with Crippen molar-refractivity contribution in [3.63, 3.8) is 0 Å². The van der Waals surface area contributed by atoms with Gasteiger partial charge in [-0.2, -0.15) is 0 Å². The van der Waals surface area contributed by atoms with E-state index in [2.05, 4.69) is 226 Å². The highest BCUT2D eigenvalue weighted by molar-refractivity contribution is 6.26. The van der Waals surface area contributed by atoms with Gasteiger partial charge in [0.05, 0.1) is 33.1 Å². The molecule has 0 saturated heterocycles. The van der Waals surface area contributed by atoms with Gasteiger partial charge in [-0.15, -0.1) is 0 Å². The Balaban J connectivity index is 1.17. The molecule has 3 nitrogen and oxygen atoms in total. The number of nitrogens with zero attached hydrogens (tertiary/aromatic N) is 3. The molecule has 12 rings (SSSR count). The first-order chi connectivity index (χ1) is 28.3. The summed E-state index contributed by atoms with van der Waals surface area (Å²) in [5.74, 6) is 0. The third-order valence-electron chi connectivity index (χ3n) is 11.8. The minimum atomic E-state index is 1.14. The smallest absolute Gasteiger partial charge is 0.0641 e. The average Bonchev–Trinajstić information content (AvgIpc) is 3.92. The lowest BCUT2D eigenvalue weighted by Gasteiger charge is -2.11. The number of para-hydroxylation sites is 4. The summed E-state index contributed by atoms with van der Waals surface area (Å²) in [4.78, 5) is 0. The van der Waals surface area contributed by atoms with Crippen LogP contribution in [0.4, 0.5) is 0 Å². The van der Waals surface area contributed by atoms with Crippen molar-refractivity contribution < 1.29 is 0 Å². The Morgan fingerprint density at radius 3 is 1.39 bits per heavy atom. The number of benzene rings is 9. The zero-order valence-corrected chi connectivity index (χ0v) is 31.0. The van der Waals surface area contributed by atoms with Crippen LogP contribution in [0.15, 0.2) is 212 Å². The van der Waals surface area contributed by atoms with Gasteiger partial charge in [-0.1, -0.05) is 133 Å². The van der Waals surface area contributed by atoms with Crippen molar-refractivity contribution in [3.05, 3.63) is 212 Å². The van der Waals surface area contributed by atoms with Gasteiger partial charge in [0.25, 0.3) is 0 Å². The first kappa shape index (κ1) is 31.7. The van der Waals surface area contributed by atoms with Gasteiger partial charge in [-0.25, -0.2) is 0 Å². The molecule has 0 amide bonds. The summed E-state index contributed by atoms with van der Waals surface area (Å²) in [6.45, 7) is 0. The zero-order chi connectivity index (χ0) is 37.5. The molecule has 0 spiro atoms. The molecule has 0 aliphatic rings. The van der Waals surface area contributed by atoms with Crippen molar-refractivity contribution in [1.82, 2.24) is 13.7 Å². The summed E-state index contributed by atoms with van der Waals surface area (Å²) in [5, 5.41) is 7.48. The number of rotatable bonds is 5. The average molecular weight is 726 g/mol. The van der Waals surface area contributed by atoms with Crippen molar-refractivity contribution in [2.45, 2.75) is 0 Å². The maximum absolute atomic E-state index is 2.47. The van der Waals surface area contributed by atoms with E-state index in [1.54, 1.807) is 0 Å². The second kappa shape index (κ2) is 12.5. The van der Waals surface area contributed by atoms with Crippen LogP contribution in [0, 0.1) is 0 Å². The molecule has 266 valence electrons. The van der Waals surface area contributed by atoms with Gasteiger partial charge in [0.15, 0.2) is 0 Å². The number of hydrogen-bond acceptors (Lipinski definition) is 0. The molecule has 0 fully saturated rings. The SMILES string of the molecule is c1ccc(-c2cccc(-n3c4ccc(-c5ccc6c(c5)c5ccccc5n6-c5ccccc5)cc4c4c3ccc3c5ccccc5n(-c5ccccc5)c34)c2)cc1. The lowest BCUT2D eigenvalue weighted by molar-refractivity contribution is 1.17. The van der Waals surface area contributed by atoms with Gasteiger partial charge in [-0.3, -0.25) is 0 Å². The van der Waals surface area contributed by atoms with E-state index in [0.717, 1.165) is 11.4 Å². The van der Waals surface area contributed by atoms with Gasteiger partial charge < -0.3 is 13.7 Å². The molecule has 0 N–H and O–H groups in total. The first-order valence-electron chi connectivity index (χ1n) is 19.6. The third-order valence-corrected chi connectivity index (χ3v) is 11.8. The quantitative estimate of drug-likeness (QED) is 0.168. The monoisotopic (exact) mass is 725 g/mol. The van der Waals surface area contributed by atoms with Crippen molar-refractivity contribution in [3.8, 4) is 39.3 Å². The van der Waals surface area contributed by atoms with Crippen LogP contribution < -0.4 is 0 Å². The van der Waals surface area contributed by atoms with E-state index >= 15 is 0 Å². The molecular weight excluding hydrogens is 691 g/mol. The predicted octanol–water partition coefficient (Wildman–Crippen LogP) is 14.3. The fraction of sp³-hybridized carbons (Fsp3) is 0. The highest BCUT2D eigenvalue weighted by Gasteiger charge is 2.22. The van der Waals surface area contributed by atoms with Crippen LogP contribution in [-0.2, 0) is 0 Å². The first-order valence-corrected chi connectivity index (χ1v) is 19.6. The normalized spacial score (nSPS) is 11.9. The van der Waals surface area contributed by atoms with Crippen molar-refractivity contribution in [2.75, 3.05) is 0 Å². The molecule has 0 saturated carbocycles. The minimum Gasteiger partial charge on any atom is -0.309 e. The van der Waals surface area contributed by atoms with Gasteiger partial charge in [-0.05, 0) is 101 Å². The molecule has 9 aromatic carbocycles. The molecule has 0 unspecified atom stereocenters. The number of fused-ring (bicyclic) bond motifs is 10. The summed E-state index contributed by atoms with van der Waals surface area (Å²) < 4.78 is 7.31. The summed E-state index contributed by atoms with van der Waals surface area (Å²) in [7, 11) is 0. The van der Waals surface area contributed by atoms with E-state index in [4.69, 9.17) is 0 Å². The maximum atomic E-state index is 2.47. The topological polar surface area (TPSA) is 14.8 Å². The number of aromatic nitrogens is 3. The molecule has 0 atom stereocenters. The van der Waals surface area contributed by atoms with Crippen LogP contribution in [0.5, 0.6) is 0 Å². The second-order valence-electron chi connectivity index (χ2n) is 14.9. The summed E-state index contributed by atoms with van der Waals surface area (Å²) in [6, 6.07) is 77.4. The maximum Gasteiger partial charge on any atom is 0.0641 e. The Hall–Kier alpha value is -7.62. The molecule has 0 radical (unpaired) electrons. The Kier molecular flexibility index (Phi) is 6.93. The van der Waals surface area contributed by atoms with Gasteiger partial charge in [0, 0.05) is 49.4 Å². The van der Waals surface area contributed by atoms with Crippen LogP contribution in [0.25, 0.3) is 105 Å². The highest BCUT2D eigenvalue weighted by atomic mass is 15.0. The summed E-state index contributed by atoms with van der Waals surface area (Å²) in [6.07, 6.45) is 0. The van der Waals surface area contributed by atoms with E-state index < -0.39 is 0 Å². The Labute approximate surface area is 329 Å². The standard InChI is InChI=1S/C54H35N3/c1-4-15-36(16-5-1)37-17-14-22-42(33-37)56-51-31-28-39(38-27-30-50-46(34-38)44-24-11-12-25-48(44)55(50)40-18-6-2-7-19-40)35-47(51)53-52(56)32-29-45-43-23-10-13-26-49(43)57(54(45)53)41-20-8-3-9-21-41/h1-35H. The predicted molar refractivity (Wildman–Crippen MR) is 240 cm³/mol. The largest absolute Gasteiger partial charge is 0.309 e. The van der Waals surface area contributed by atoms with Crippen molar-refractivity contribution >= 4 is 65.4 Å². The van der Waals surface area contributed by atoms with Gasteiger partial charge in [0.1, 0.15) is 0 Å². The molecule has 0 aliphatic carbocycles. The summed E-state index contributed by atoms with van der Waals surface area (Å²) in [5.41, 5.74) is 15.5. The molecule has 0 aliphatic heterocycles. The van der Waals surface area contributed by atoms with E-state index in [-0.39, 0.29) is 0 Å². The molecule has 0 bridgehead atoms. The van der Waals surface area contributed by atoms with E-state index in [1.165, 1.54) is 93.4 Å². The fourth-order valence-electron chi connectivity index (χ4n) is 9.33. The second-order valence-corrected chi connectivity index (χ2v) is 14.9. The fourth-order valence-corrected chi connectivity index (χ4v) is 9.33. The molecule has 3 heterocycles. The highest BCUT2D eigenvalue weighted by Crippen LogP contribution is 2.44.